The second-order valence-corrected chi connectivity index (χ2v) is 15.2. The Morgan fingerprint density at radius 2 is 1.41 bits per heavy atom. The van der Waals surface area contributed by atoms with Crippen LogP contribution in [0.3, 0.4) is 0 Å². The van der Waals surface area contributed by atoms with Gasteiger partial charge in [0.1, 0.15) is 23.7 Å². The minimum absolute atomic E-state index is 0.125. The Morgan fingerprint density at radius 3 is 1.89 bits per heavy atom. The van der Waals surface area contributed by atoms with Gasteiger partial charge in [-0.2, -0.15) is 0 Å². The van der Waals surface area contributed by atoms with Crippen molar-refractivity contribution >= 4 is 35.5 Å². The highest BCUT2D eigenvalue weighted by atomic mass is 16.6. The molecule has 0 radical (unpaired) electrons. The van der Waals surface area contributed by atoms with Crippen LogP contribution in [0.2, 0.25) is 0 Å². The number of carbonyl (C=O) groups is 6. The SMILES string of the molecule is CC(C)(C)OC(=O)C(NC(=O)NC(C(=O)N1CCCC1C(=O)NC(CC1CCC1)C(=O)C(N)=O)C1CCCC1)C(C)(C)C.CCC. The van der Waals surface area contributed by atoms with E-state index in [-0.39, 0.29) is 17.7 Å². The van der Waals surface area contributed by atoms with Gasteiger partial charge in [-0.05, 0) is 70.1 Å². The van der Waals surface area contributed by atoms with Crippen LogP contribution in [0, 0.1) is 17.3 Å². The van der Waals surface area contributed by atoms with Crippen LogP contribution < -0.4 is 21.7 Å². The molecule has 46 heavy (non-hydrogen) atoms. The number of urea groups is 1. The van der Waals surface area contributed by atoms with Crippen LogP contribution >= 0.6 is 0 Å². The van der Waals surface area contributed by atoms with E-state index in [0.29, 0.717) is 25.8 Å². The zero-order valence-corrected chi connectivity index (χ0v) is 29.3. The summed E-state index contributed by atoms with van der Waals surface area (Å²) in [4.78, 5) is 79.4. The molecule has 1 saturated heterocycles. The second-order valence-electron chi connectivity index (χ2n) is 15.2. The summed E-state index contributed by atoms with van der Waals surface area (Å²) in [6, 6.07) is -4.39. The van der Waals surface area contributed by atoms with Crippen molar-refractivity contribution in [2.24, 2.45) is 23.0 Å². The first-order chi connectivity index (χ1) is 21.4. The summed E-state index contributed by atoms with van der Waals surface area (Å²) < 4.78 is 5.55. The lowest BCUT2D eigenvalue weighted by Gasteiger charge is -2.35. The Labute approximate surface area is 275 Å². The Balaban J connectivity index is 0.00000236. The maximum Gasteiger partial charge on any atom is 0.329 e. The van der Waals surface area contributed by atoms with Crippen LogP contribution in [0.15, 0.2) is 0 Å². The average molecular weight is 650 g/mol. The maximum absolute atomic E-state index is 14.0. The average Bonchev–Trinajstić information content (AvgIpc) is 3.62. The van der Waals surface area contributed by atoms with Gasteiger partial charge in [0, 0.05) is 6.54 Å². The summed E-state index contributed by atoms with van der Waals surface area (Å²) in [5.74, 6) is -3.27. The van der Waals surface area contributed by atoms with Gasteiger partial charge in [-0.25, -0.2) is 9.59 Å². The molecule has 5 N–H and O–H groups in total. The molecule has 1 heterocycles. The molecule has 1 aliphatic heterocycles. The number of likely N-dealkylation sites (tertiary alicyclic amines) is 1. The first-order valence-electron chi connectivity index (χ1n) is 17.1. The highest BCUT2D eigenvalue weighted by Crippen LogP contribution is 2.32. The summed E-state index contributed by atoms with van der Waals surface area (Å²) in [6.45, 7) is 15.3. The number of hydrogen-bond donors (Lipinski definition) is 4. The topological polar surface area (TPSA) is 177 Å². The van der Waals surface area contributed by atoms with E-state index in [1.54, 1.807) is 20.8 Å². The number of esters is 1. The van der Waals surface area contributed by atoms with E-state index >= 15 is 0 Å². The standard InChI is InChI=1S/C31H51N5O7.C3H8/c1-30(2,3)24(28(41)43-31(4,5)6)35-29(42)34-22(19-13-7-8-14-19)27(40)36-16-10-15-21(36)26(39)33-20(23(37)25(32)38)17-18-11-9-12-18;1-3-2/h18-22,24H,7-17H2,1-6H3,(H2,32,38)(H,33,39)(H2,34,35,42);3H2,1-2H3. The first kappa shape index (κ1) is 39.0. The van der Waals surface area contributed by atoms with Gasteiger partial charge in [0.2, 0.25) is 17.6 Å². The molecular formula is C34H59N5O7. The third kappa shape index (κ3) is 11.6. The smallest absolute Gasteiger partial charge is 0.329 e. The van der Waals surface area contributed by atoms with E-state index in [1.807, 2.05) is 20.8 Å². The Hall–Kier alpha value is -3.18. The van der Waals surface area contributed by atoms with Gasteiger partial charge in [-0.15, -0.1) is 0 Å². The number of carbonyl (C=O) groups excluding carboxylic acids is 6. The molecule has 4 unspecified atom stereocenters. The minimum Gasteiger partial charge on any atom is -0.458 e. The van der Waals surface area contributed by atoms with Crippen molar-refractivity contribution in [3.8, 4) is 0 Å². The van der Waals surface area contributed by atoms with Crippen LogP contribution in [-0.2, 0) is 28.7 Å². The summed E-state index contributed by atoms with van der Waals surface area (Å²) in [5, 5.41) is 8.28. The molecule has 0 spiro atoms. The van der Waals surface area contributed by atoms with Gasteiger partial charge >= 0.3 is 12.0 Å². The number of nitrogens with one attached hydrogen (secondary N) is 3. The molecule has 4 atom stereocenters. The van der Waals surface area contributed by atoms with E-state index in [4.69, 9.17) is 10.5 Å². The van der Waals surface area contributed by atoms with Gasteiger partial charge in [0.05, 0.1) is 6.04 Å². The number of nitrogens with two attached hydrogens (primary N) is 1. The molecule has 0 aromatic heterocycles. The van der Waals surface area contributed by atoms with Crippen molar-refractivity contribution in [1.82, 2.24) is 20.9 Å². The number of Topliss-reactive ketones (excluding diaryl/α,β-unsaturated/α-hetero) is 1. The Bertz CT molecular complexity index is 1090. The van der Waals surface area contributed by atoms with Crippen molar-refractivity contribution in [2.45, 2.75) is 156 Å². The zero-order chi connectivity index (χ0) is 34.8. The Kier molecular flexibility index (Phi) is 14.5. The van der Waals surface area contributed by atoms with Crippen LogP contribution in [-0.4, -0.2) is 76.7 Å². The molecule has 2 aliphatic carbocycles. The van der Waals surface area contributed by atoms with Gasteiger partial charge in [-0.1, -0.05) is 73.1 Å². The molecular weight excluding hydrogens is 590 g/mol. The van der Waals surface area contributed by atoms with Crippen molar-refractivity contribution in [3.63, 3.8) is 0 Å². The normalized spacial score (nSPS) is 20.7. The first-order valence-corrected chi connectivity index (χ1v) is 17.1. The molecule has 0 aromatic carbocycles. The van der Waals surface area contributed by atoms with Gasteiger partial charge in [0.15, 0.2) is 0 Å². The quantitative estimate of drug-likeness (QED) is 0.195. The fraction of sp³-hybridized carbons (Fsp3) is 0.824. The molecule has 2 saturated carbocycles. The lowest BCUT2D eigenvalue weighted by molar-refractivity contribution is -0.160. The fourth-order valence-electron chi connectivity index (χ4n) is 6.19. The predicted molar refractivity (Wildman–Crippen MR) is 175 cm³/mol. The number of ketones is 1. The maximum atomic E-state index is 14.0. The third-order valence-corrected chi connectivity index (χ3v) is 8.72. The molecule has 3 fully saturated rings. The summed E-state index contributed by atoms with van der Waals surface area (Å²) in [7, 11) is 0. The van der Waals surface area contributed by atoms with Gasteiger partial charge in [-0.3, -0.25) is 19.2 Å². The third-order valence-electron chi connectivity index (χ3n) is 8.72. The lowest BCUT2D eigenvalue weighted by Crippen LogP contribution is -2.60. The van der Waals surface area contributed by atoms with Crippen molar-refractivity contribution < 1.29 is 33.5 Å². The Morgan fingerprint density at radius 1 is 0.826 bits per heavy atom. The highest BCUT2D eigenvalue weighted by Gasteiger charge is 2.43. The van der Waals surface area contributed by atoms with Crippen LogP contribution in [0.1, 0.15) is 126 Å². The molecule has 0 bridgehead atoms. The largest absolute Gasteiger partial charge is 0.458 e. The number of hydrogen-bond acceptors (Lipinski definition) is 7. The van der Waals surface area contributed by atoms with E-state index in [9.17, 15) is 28.8 Å². The van der Waals surface area contributed by atoms with Gasteiger partial charge < -0.3 is 31.3 Å². The molecule has 12 nitrogen and oxygen atoms in total. The molecule has 3 rings (SSSR count). The number of ether oxygens (including phenoxy) is 1. The zero-order valence-electron chi connectivity index (χ0n) is 29.3. The summed E-state index contributed by atoms with van der Waals surface area (Å²) >= 11 is 0. The van der Waals surface area contributed by atoms with Crippen molar-refractivity contribution in [1.29, 1.82) is 0 Å². The van der Waals surface area contributed by atoms with Crippen molar-refractivity contribution in [3.05, 3.63) is 0 Å². The number of amides is 5. The van der Waals surface area contributed by atoms with Crippen LogP contribution in [0.25, 0.3) is 0 Å². The van der Waals surface area contributed by atoms with E-state index in [2.05, 4.69) is 29.8 Å². The molecule has 0 aromatic rings. The molecule has 5 amide bonds. The van der Waals surface area contributed by atoms with Crippen LogP contribution in [0.5, 0.6) is 0 Å². The number of primary amides is 1. The molecule has 12 heteroatoms. The second kappa shape index (κ2) is 17.1. The fourth-order valence-corrected chi connectivity index (χ4v) is 6.19. The lowest BCUT2D eigenvalue weighted by atomic mass is 9.80. The summed E-state index contributed by atoms with van der Waals surface area (Å²) in [6.07, 6.45) is 8.78. The van der Waals surface area contributed by atoms with E-state index in [0.717, 1.165) is 44.9 Å². The monoisotopic (exact) mass is 649 g/mol. The van der Waals surface area contributed by atoms with Crippen LogP contribution in [0.4, 0.5) is 4.79 Å². The van der Waals surface area contributed by atoms with E-state index in [1.165, 1.54) is 11.3 Å². The predicted octanol–water partition coefficient (Wildman–Crippen LogP) is 3.74. The number of rotatable bonds is 11. The van der Waals surface area contributed by atoms with E-state index < -0.39 is 64.8 Å². The van der Waals surface area contributed by atoms with Crippen molar-refractivity contribution in [2.75, 3.05) is 6.54 Å². The minimum atomic E-state index is -1.10. The highest BCUT2D eigenvalue weighted by molar-refractivity contribution is 6.37. The summed E-state index contributed by atoms with van der Waals surface area (Å²) in [5.41, 5.74) is 3.85. The number of nitrogens with zero attached hydrogens (tertiary/aromatic N) is 1. The molecule has 3 aliphatic rings. The van der Waals surface area contributed by atoms with Gasteiger partial charge in [0.25, 0.3) is 5.91 Å². The molecule has 262 valence electrons.